The molecule has 0 aromatic rings. The minimum absolute atomic E-state index is 0.0317. The first-order valence-corrected chi connectivity index (χ1v) is 9.93. The van der Waals surface area contributed by atoms with Crippen LogP contribution in [-0.4, -0.2) is 71.1 Å². The molecule has 3 fully saturated rings. The third-order valence-electron chi connectivity index (χ3n) is 6.14. The summed E-state index contributed by atoms with van der Waals surface area (Å²) in [5, 5.41) is 13.9. The topological polar surface area (TPSA) is 72.9 Å². The SMILES string of the molecule is CC(=O)NC1CCN(C[C@@]2(O)CCN(C(=O)CC3CCCC3)C2)CC1. The minimum Gasteiger partial charge on any atom is -0.387 e. The zero-order chi connectivity index (χ0) is 17.9. The third kappa shape index (κ3) is 5.17. The summed E-state index contributed by atoms with van der Waals surface area (Å²) in [5.74, 6) is 0.825. The van der Waals surface area contributed by atoms with Gasteiger partial charge < -0.3 is 20.2 Å². The lowest BCUT2D eigenvalue weighted by molar-refractivity contribution is -0.132. The molecule has 6 nitrogen and oxygen atoms in total. The van der Waals surface area contributed by atoms with Gasteiger partial charge in [-0.25, -0.2) is 0 Å². The molecule has 0 unspecified atom stereocenters. The van der Waals surface area contributed by atoms with Crippen LogP contribution in [0.25, 0.3) is 0 Å². The fraction of sp³-hybridized carbons (Fsp3) is 0.895. The Hall–Kier alpha value is -1.14. The highest BCUT2D eigenvalue weighted by atomic mass is 16.3. The molecule has 25 heavy (non-hydrogen) atoms. The summed E-state index contributed by atoms with van der Waals surface area (Å²) in [6, 6.07) is 0.261. The van der Waals surface area contributed by atoms with Crippen molar-refractivity contribution in [3.8, 4) is 0 Å². The van der Waals surface area contributed by atoms with Gasteiger partial charge in [-0.2, -0.15) is 0 Å². The lowest BCUT2D eigenvalue weighted by Gasteiger charge is -2.36. The molecule has 6 heteroatoms. The lowest BCUT2D eigenvalue weighted by atomic mass is 9.99. The van der Waals surface area contributed by atoms with Crippen molar-refractivity contribution in [1.29, 1.82) is 0 Å². The number of piperidine rings is 1. The van der Waals surface area contributed by atoms with Gasteiger partial charge in [0.25, 0.3) is 0 Å². The Balaban J connectivity index is 1.42. The van der Waals surface area contributed by atoms with Crippen molar-refractivity contribution < 1.29 is 14.7 Å². The molecule has 1 aliphatic carbocycles. The Bertz CT molecular complexity index is 484. The van der Waals surface area contributed by atoms with Crippen molar-refractivity contribution in [1.82, 2.24) is 15.1 Å². The number of hydrogen-bond acceptors (Lipinski definition) is 4. The summed E-state index contributed by atoms with van der Waals surface area (Å²) >= 11 is 0. The smallest absolute Gasteiger partial charge is 0.222 e. The van der Waals surface area contributed by atoms with Crippen LogP contribution in [-0.2, 0) is 9.59 Å². The molecular weight excluding hydrogens is 318 g/mol. The van der Waals surface area contributed by atoms with Crippen molar-refractivity contribution in [2.24, 2.45) is 5.92 Å². The molecule has 2 N–H and O–H groups in total. The van der Waals surface area contributed by atoms with E-state index in [1.165, 1.54) is 25.7 Å². The molecule has 2 heterocycles. The van der Waals surface area contributed by atoms with Crippen LogP contribution in [0.15, 0.2) is 0 Å². The van der Waals surface area contributed by atoms with Crippen LogP contribution in [0.1, 0.15) is 58.3 Å². The molecule has 0 aromatic carbocycles. The largest absolute Gasteiger partial charge is 0.387 e. The van der Waals surface area contributed by atoms with Crippen molar-refractivity contribution >= 4 is 11.8 Å². The van der Waals surface area contributed by atoms with E-state index in [4.69, 9.17) is 0 Å². The zero-order valence-electron chi connectivity index (χ0n) is 15.5. The number of β-amino-alcohol motifs (C(OH)–C–C–N with tert-alkyl or cyclic N) is 1. The highest BCUT2D eigenvalue weighted by Gasteiger charge is 2.40. The fourth-order valence-corrected chi connectivity index (χ4v) is 4.73. The summed E-state index contributed by atoms with van der Waals surface area (Å²) in [5.41, 5.74) is -0.772. The summed E-state index contributed by atoms with van der Waals surface area (Å²) in [6.45, 7) is 5.14. The van der Waals surface area contributed by atoms with E-state index in [1.54, 1.807) is 6.92 Å². The Labute approximate surface area is 150 Å². The molecular formula is C19H33N3O3. The van der Waals surface area contributed by atoms with E-state index < -0.39 is 5.60 Å². The van der Waals surface area contributed by atoms with Crippen LogP contribution < -0.4 is 5.32 Å². The normalized spacial score (nSPS) is 29.3. The van der Waals surface area contributed by atoms with Gasteiger partial charge in [0.2, 0.25) is 11.8 Å². The van der Waals surface area contributed by atoms with E-state index >= 15 is 0 Å². The Kier molecular flexibility index (Phi) is 6.00. The number of nitrogens with zero attached hydrogens (tertiary/aromatic N) is 2. The van der Waals surface area contributed by atoms with Crippen LogP contribution >= 0.6 is 0 Å². The maximum Gasteiger partial charge on any atom is 0.222 e. The van der Waals surface area contributed by atoms with Crippen LogP contribution in [0.5, 0.6) is 0 Å². The van der Waals surface area contributed by atoms with Crippen LogP contribution in [0.2, 0.25) is 0 Å². The third-order valence-corrected chi connectivity index (χ3v) is 6.14. The first-order chi connectivity index (χ1) is 11.9. The number of likely N-dealkylation sites (tertiary alicyclic amines) is 2. The number of hydrogen-bond donors (Lipinski definition) is 2. The van der Waals surface area contributed by atoms with Gasteiger partial charge in [-0.3, -0.25) is 9.59 Å². The highest BCUT2D eigenvalue weighted by Crippen LogP contribution is 2.30. The van der Waals surface area contributed by atoms with Crippen molar-refractivity contribution in [3.63, 3.8) is 0 Å². The summed E-state index contributed by atoms with van der Waals surface area (Å²) < 4.78 is 0. The van der Waals surface area contributed by atoms with E-state index in [0.29, 0.717) is 38.4 Å². The summed E-state index contributed by atoms with van der Waals surface area (Å²) in [7, 11) is 0. The van der Waals surface area contributed by atoms with E-state index in [2.05, 4.69) is 10.2 Å². The number of carbonyl (C=O) groups excluding carboxylic acids is 2. The maximum atomic E-state index is 12.5. The molecule has 1 saturated carbocycles. The molecule has 2 saturated heterocycles. The first kappa shape index (κ1) is 18.6. The van der Waals surface area contributed by atoms with Crippen molar-refractivity contribution in [2.45, 2.75) is 69.9 Å². The van der Waals surface area contributed by atoms with Gasteiger partial charge in [-0.15, -0.1) is 0 Å². The second kappa shape index (κ2) is 8.04. The predicted molar refractivity (Wildman–Crippen MR) is 96.0 cm³/mol. The average molecular weight is 351 g/mol. The predicted octanol–water partition coefficient (Wildman–Crippen LogP) is 1.13. The van der Waals surface area contributed by atoms with Crippen LogP contribution in [0, 0.1) is 5.92 Å². The van der Waals surface area contributed by atoms with E-state index in [-0.39, 0.29) is 17.9 Å². The number of nitrogens with one attached hydrogen (secondary N) is 1. The van der Waals surface area contributed by atoms with Gasteiger partial charge >= 0.3 is 0 Å². The number of aliphatic hydroxyl groups is 1. The second-order valence-corrected chi connectivity index (χ2v) is 8.40. The van der Waals surface area contributed by atoms with Gasteiger partial charge in [-0.05, 0) is 38.0 Å². The molecule has 0 aromatic heterocycles. The Morgan fingerprint density at radius 3 is 2.44 bits per heavy atom. The van der Waals surface area contributed by atoms with E-state index in [0.717, 1.165) is 25.9 Å². The van der Waals surface area contributed by atoms with Gasteiger partial charge in [0.15, 0.2) is 0 Å². The Morgan fingerprint density at radius 2 is 1.80 bits per heavy atom. The lowest BCUT2D eigenvalue weighted by Crippen LogP contribution is -2.50. The maximum absolute atomic E-state index is 12.5. The van der Waals surface area contributed by atoms with Crippen LogP contribution in [0.3, 0.4) is 0 Å². The molecule has 0 bridgehead atoms. The standard InChI is InChI=1S/C19H33N3O3/c1-15(23)20-17-6-9-21(10-7-17)13-19(25)8-11-22(14-19)18(24)12-16-4-2-3-5-16/h16-17,25H,2-14H2,1H3,(H,20,23)/t19-/m0/s1. The second-order valence-electron chi connectivity index (χ2n) is 8.40. The van der Waals surface area contributed by atoms with Crippen molar-refractivity contribution in [3.05, 3.63) is 0 Å². The minimum atomic E-state index is -0.772. The van der Waals surface area contributed by atoms with Gasteiger partial charge in [0.05, 0.1) is 12.1 Å². The van der Waals surface area contributed by atoms with Gasteiger partial charge in [0.1, 0.15) is 0 Å². The quantitative estimate of drug-likeness (QED) is 0.779. The molecule has 2 amide bonds. The zero-order valence-corrected chi connectivity index (χ0v) is 15.5. The number of carbonyl (C=O) groups is 2. The van der Waals surface area contributed by atoms with E-state index in [9.17, 15) is 14.7 Å². The molecule has 0 spiro atoms. The summed E-state index contributed by atoms with van der Waals surface area (Å²) in [4.78, 5) is 27.8. The number of rotatable bonds is 5. The molecule has 142 valence electrons. The molecule has 0 radical (unpaired) electrons. The molecule has 1 atom stereocenters. The van der Waals surface area contributed by atoms with Crippen LogP contribution in [0.4, 0.5) is 0 Å². The Morgan fingerprint density at radius 1 is 1.12 bits per heavy atom. The van der Waals surface area contributed by atoms with Crippen molar-refractivity contribution in [2.75, 3.05) is 32.7 Å². The molecule has 3 rings (SSSR count). The molecule has 2 aliphatic heterocycles. The van der Waals surface area contributed by atoms with Gasteiger partial charge in [-0.1, -0.05) is 12.8 Å². The first-order valence-electron chi connectivity index (χ1n) is 9.93. The van der Waals surface area contributed by atoms with Gasteiger partial charge in [0, 0.05) is 45.6 Å². The molecule has 3 aliphatic rings. The highest BCUT2D eigenvalue weighted by molar-refractivity contribution is 5.77. The summed E-state index contributed by atoms with van der Waals surface area (Å²) in [6.07, 6.45) is 8.10. The monoisotopic (exact) mass is 351 g/mol. The fourth-order valence-electron chi connectivity index (χ4n) is 4.73. The van der Waals surface area contributed by atoms with E-state index in [1.807, 2.05) is 4.90 Å². The number of amides is 2. The average Bonchev–Trinajstić information content (AvgIpc) is 3.19.